The van der Waals surface area contributed by atoms with E-state index in [4.69, 9.17) is 4.98 Å². The number of anilines is 1. The SMILES string of the molecule is Cc1nc(C)c(Cc2cccc(F)c2)c(N2CCN(C(=O)CCC3CCCC3)CC2)n1. The van der Waals surface area contributed by atoms with Crippen molar-refractivity contribution in [1.82, 2.24) is 14.9 Å². The Morgan fingerprint density at radius 3 is 2.55 bits per heavy atom. The zero-order chi connectivity index (χ0) is 21.8. The van der Waals surface area contributed by atoms with E-state index in [9.17, 15) is 9.18 Å². The molecule has 6 heteroatoms. The van der Waals surface area contributed by atoms with E-state index in [-0.39, 0.29) is 5.82 Å². The molecule has 0 spiro atoms. The number of carbonyl (C=O) groups is 1. The van der Waals surface area contributed by atoms with Crippen molar-refractivity contribution in [3.05, 3.63) is 52.7 Å². The van der Waals surface area contributed by atoms with E-state index in [0.29, 0.717) is 18.7 Å². The number of halogens is 1. The molecular weight excluding hydrogens is 391 g/mol. The normalized spacial score (nSPS) is 17.4. The number of nitrogens with zero attached hydrogens (tertiary/aromatic N) is 4. The predicted octanol–water partition coefficient (Wildman–Crippen LogP) is 4.44. The molecule has 0 atom stereocenters. The topological polar surface area (TPSA) is 49.3 Å². The first-order valence-corrected chi connectivity index (χ1v) is 11.6. The van der Waals surface area contributed by atoms with Crippen molar-refractivity contribution in [2.45, 2.75) is 58.8 Å². The molecule has 0 radical (unpaired) electrons. The molecule has 1 aromatic heterocycles. The van der Waals surface area contributed by atoms with E-state index in [1.807, 2.05) is 24.8 Å². The van der Waals surface area contributed by atoms with Crippen LogP contribution in [0.5, 0.6) is 0 Å². The summed E-state index contributed by atoms with van der Waals surface area (Å²) in [6.45, 7) is 6.89. The van der Waals surface area contributed by atoms with E-state index in [1.54, 1.807) is 12.1 Å². The molecule has 4 rings (SSSR count). The molecule has 2 fully saturated rings. The highest BCUT2D eigenvalue weighted by molar-refractivity contribution is 5.76. The summed E-state index contributed by atoms with van der Waals surface area (Å²) < 4.78 is 13.7. The van der Waals surface area contributed by atoms with Gasteiger partial charge in [0.15, 0.2) is 0 Å². The number of carbonyl (C=O) groups excluding carboxylic acids is 1. The standard InChI is InChI=1S/C25H33FN4O/c1-18-23(17-21-8-5-9-22(26)16-21)25(28-19(2)27-18)30-14-12-29(13-15-30)24(31)11-10-20-6-3-4-7-20/h5,8-9,16,20H,3-4,6-7,10-15,17H2,1-2H3. The lowest BCUT2D eigenvalue weighted by Crippen LogP contribution is -2.49. The minimum Gasteiger partial charge on any atom is -0.353 e. The maximum absolute atomic E-state index is 13.7. The fourth-order valence-electron chi connectivity index (χ4n) is 4.99. The number of hydrogen-bond donors (Lipinski definition) is 0. The molecule has 2 aromatic rings. The summed E-state index contributed by atoms with van der Waals surface area (Å²) in [5, 5.41) is 0. The van der Waals surface area contributed by atoms with Crippen LogP contribution in [0, 0.1) is 25.6 Å². The van der Waals surface area contributed by atoms with Gasteiger partial charge in [-0.2, -0.15) is 0 Å². The molecule has 0 unspecified atom stereocenters. The molecule has 1 aliphatic heterocycles. The van der Waals surface area contributed by atoms with E-state index in [2.05, 4.69) is 9.88 Å². The Bertz CT molecular complexity index is 918. The van der Waals surface area contributed by atoms with Gasteiger partial charge in [-0.1, -0.05) is 37.8 Å². The van der Waals surface area contributed by atoms with E-state index < -0.39 is 0 Å². The lowest BCUT2D eigenvalue weighted by atomic mass is 10.0. The maximum Gasteiger partial charge on any atom is 0.222 e. The Balaban J connectivity index is 1.42. The van der Waals surface area contributed by atoms with Gasteiger partial charge in [-0.15, -0.1) is 0 Å². The third kappa shape index (κ3) is 5.41. The van der Waals surface area contributed by atoms with E-state index in [0.717, 1.165) is 67.0 Å². The van der Waals surface area contributed by atoms with E-state index >= 15 is 0 Å². The summed E-state index contributed by atoms with van der Waals surface area (Å²) in [7, 11) is 0. The van der Waals surface area contributed by atoms with Gasteiger partial charge in [-0.05, 0) is 43.9 Å². The van der Waals surface area contributed by atoms with Crippen LogP contribution in [0.2, 0.25) is 0 Å². The van der Waals surface area contributed by atoms with Crippen LogP contribution in [0.1, 0.15) is 61.2 Å². The van der Waals surface area contributed by atoms with Gasteiger partial charge in [0.2, 0.25) is 5.91 Å². The van der Waals surface area contributed by atoms with Crippen LogP contribution in [0.25, 0.3) is 0 Å². The Morgan fingerprint density at radius 2 is 1.84 bits per heavy atom. The average molecular weight is 425 g/mol. The molecule has 0 bridgehead atoms. The molecule has 0 N–H and O–H groups in total. The summed E-state index contributed by atoms with van der Waals surface area (Å²) in [5.74, 6) is 2.48. The Morgan fingerprint density at radius 1 is 1.10 bits per heavy atom. The first-order valence-electron chi connectivity index (χ1n) is 11.6. The maximum atomic E-state index is 13.7. The van der Waals surface area contributed by atoms with Crippen LogP contribution < -0.4 is 4.90 Å². The Labute approximate surface area is 184 Å². The quantitative estimate of drug-likeness (QED) is 0.688. The molecular formula is C25H33FN4O. The zero-order valence-corrected chi connectivity index (χ0v) is 18.7. The number of aryl methyl sites for hydroxylation is 2. The van der Waals surface area contributed by atoms with E-state index in [1.165, 1.54) is 31.7 Å². The van der Waals surface area contributed by atoms with Crippen molar-refractivity contribution in [3.63, 3.8) is 0 Å². The number of aromatic nitrogens is 2. The van der Waals surface area contributed by atoms with Gasteiger partial charge in [0.25, 0.3) is 0 Å². The first kappa shape index (κ1) is 21.7. The smallest absolute Gasteiger partial charge is 0.222 e. The van der Waals surface area contributed by atoms with Crippen LogP contribution in [0.15, 0.2) is 24.3 Å². The molecule has 1 saturated carbocycles. The number of hydrogen-bond acceptors (Lipinski definition) is 4. The number of rotatable bonds is 6. The lowest BCUT2D eigenvalue weighted by molar-refractivity contribution is -0.131. The molecule has 1 amide bonds. The van der Waals surface area contributed by atoms with Crippen molar-refractivity contribution < 1.29 is 9.18 Å². The highest BCUT2D eigenvalue weighted by Crippen LogP contribution is 2.29. The Hall–Kier alpha value is -2.50. The molecule has 2 aliphatic rings. The van der Waals surface area contributed by atoms with Crippen molar-refractivity contribution in [1.29, 1.82) is 0 Å². The molecule has 5 nitrogen and oxygen atoms in total. The molecule has 1 aromatic carbocycles. The zero-order valence-electron chi connectivity index (χ0n) is 18.7. The summed E-state index contributed by atoms with van der Waals surface area (Å²) in [6, 6.07) is 6.72. The minimum atomic E-state index is -0.227. The third-order valence-corrected chi connectivity index (χ3v) is 6.75. The highest BCUT2D eigenvalue weighted by Gasteiger charge is 2.25. The fourth-order valence-corrected chi connectivity index (χ4v) is 4.99. The molecule has 166 valence electrons. The van der Waals surface area contributed by atoms with Crippen LogP contribution in [0.4, 0.5) is 10.2 Å². The van der Waals surface area contributed by atoms with Crippen molar-refractivity contribution in [3.8, 4) is 0 Å². The number of benzene rings is 1. The summed E-state index contributed by atoms with van der Waals surface area (Å²) >= 11 is 0. The van der Waals surface area contributed by atoms with Gasteiger partial charge in [-0.3, -0.25) is 4.79 Å². The second-order valence-electron chi connectivity index (χ2n) is 9.02. The van der Waals surface area contributed by atoms with Crippen LogP contribution in [-0.2, 0) is 11.2 Å². The lowest BCUT2D eigenvalue weighted by Gasteiger charge is -2.36. The van der Waals surface area contributed by atoms with Gasteiger partial charge < -0.3 is 9.80 Å². The van der Waals surface area contributed by atoms with Crippen LogP contribution >= 0.6 is 0 Å². The third-order valence-electron chi connectivity index (χ3n) is 6.75. The monoisotopic (exact) mass is 424 g/mol. The van der Waals surface area contributed by atoms with Crippen LogP contribution in [-0.4, -0.2) is 47.0 Å². The van der Waals surface area contributed by atoms with Crippen molar-refractivity contribution in [2.24, 2.45) is 5.92 Å². The number of piperazine rings is 1. The second kappa shape index (κ2) is 9.75. The van der Waals surface area contributed by atoms with Crippen LogP contribution in [0.3, 0.4) is 0 Å². The minimum absolute atomic E-state index is 0.227. The van der Waals surface area contributed by atoms with Gasteiger partial charge >= 0.3 is 0 Å². The molecule has 1 aliphatic carbocycles. The van der Waals surface area contributed by atoms with Gasteiger partial charge in [0, 0.05) is 50.3 Å². The largest absolute Gasteiger partial charge is 0.353 e. The summed E-state index contributed by atoms with van der Waals surface area (Å²) in [5.41, 5.74) is 2.89. The second-order valence-corrected chi connectivity index (χ2v) is 9.02. The number of amides is 1. The van der Waals surface area contributed by atoms with Crippen molar-refractivity contribution >= 4 is 11.7 Å². The Kier molecular flexibility index (Phi) is 6.83. The molecule has 31 heavy (non-hydrogen) atoms. The fraction of sp³-hybridized carbons (Fsp3) is 0.560. The predicted molar refractivity (Wildman–Crippen MR) is 121 cm³/mol. The molecule has 2 heterocycles. The van der Waals surface area contributed by atoms with Gasteiger partial charge in [0.05, 0.1) is 0 Å². The summed E-state index contributed by atoms with van der Waals surface area (Å²) in [4.78, 5) is 26.3. The highest BCUT2D eigenvalue weighted by atomic mass is 19.1. The van der Waals surface area contributed by atoms with Gasteiger partial charge in [0.1, 0.15) is 17.5 Å². The average Bonchev–Trinajstić information content (AvgIpc) is 3.28. The first-order chi connectivity index (χ1) is 15.0. The summed E-state index contributed by atoms with van der Waals surface area (Å²) in [6.07, 6.45) is 7.56. The van der Waals surface area contributed by atoms with Crippen molar-refractivity contribution in [2.75, 3.05) is 31.1 Å². The molecule has 1 saturated heterocycles. The van der Waals surface area contributed by atoms with Gasteiger partial charge in [-0.25, -0.2) is 14.4 Å².